The van der Waals surface area contributed by atoms with Gasteiger partial charge in [0.25, 0.3) is 0 Å². The zero-order valence-electron chi connectivity index (χ0n) is 23.1. The van der Waals surface area contributed by atoms with Crippen molar-refractivity contribution in [2.75, 3.05) is 6.61 Å². The molecular formula is C28H26ClF4N6O4S+. The van der Waals surface area contributed by atoms with Crippen molar-refractivity contribution in [1.82, 2.24) is 19.7 Å². The summed E-state index contributed by atoms with van der Waals surface area (Å²) in [6.07, 6.45) is -6.89. The van der Waals surface area contributed by atoms with E-state index in [9.17, 15) is 27.8 Å². The Morgan fingerprint density at radius 2 is 2.07 bits per heavy atom. The summed E-state index contributed by atoms with van der Waals surface area (Å²) in [5, 5.41) is 26.9. The van der Waals surface area contributed by atoms with Gasteiger partial charge in [0, 0.05) is 11.2 Å². The molecule has 0 amide bonds. The maximum atomic E-state index is 14.7. The summed E-state index contributed by atoms with van der Waals surface area (Å²) in [6.45, 7) is 2.81. The summed E-state index contributed by atoms with van der Waals surface area (Å²) >= 11 is 7.24. The molecule has 0 bridgehead atoms. The standard InChI is InChI=1S/C28H25ClF4N6O4S/c1-12-37-26(39(38-12)19-7-15(29)3-4-16(19)28(31,32)33)23-21(40)20(22-25(43-23)27(2,41)10-42-22)35-9-14(8-34)13-5-17(30)24-18(6-13)36-11-44-24/h3-9,11,20-23,25,40-41H,10,34H2,1-2H3/p+1/b14-8+,35-9?/t20?,21?,22-,23-,25?,27?/m1/s1. The Morgan fingerprint density at radius 3 is 2.80 bits per heavy atom. The van der Waals surface area contributed by atoms with Gasteiger partial charge in [-0.2, -0.15) is 18.3 Å². The number of nitrogens with one attached hydrogen (secondary N) is 1. The Labute approximate surface area is 256 Å². The second-order valence-electron chi connectivity index (χ2n) is 10.8. The molecule has 10 nitrogen and oxygen atoms in total. The van der Waals surface area contributed by atoms with Gasteiger partial charge in [0.05, 0.1) is 39.2 Å². The van der Waals surface area contributed by atoms with Gasteiger partial charge in [-0.1, -0.05) is 11.6 Å². The van der Waals surface area contributed by atoms with E-state index in [2.05, 4.69) is 20.1 Å². The molecule has 16 heteroatoms. The molecule has 0 radical (unpaired) electrons. The maximum absolute atomic E-state index is 14.7. The normalized spacial score (nSPS) is 27.8. The quantitative estimate of drug-likeness (QED) is 0.190. The van der Waals surface area contributed by atoms with Crippen LogP contribution in [0.4, 0.5) is 17.6 Å². The number of rotatable bonds is 5. The van der Waals surface area contributed by atoms with Crippen LogP contribution >= 0.6 is 22.9 Å². The molecule has 6 atom stereocenters. The molecule has 44 heavy (non-hydrogen) atoms. The highest BCUT2D eigenvalue weighted by atomic mass is 35.5. The van der Waals surface area contributed by atoms with Crippen molar-refractivity contribution in [2.45, 2.75) is 56.1 Å². The van der Waals surface area contributed by atoms with E-state index in [4.69, 9.17) is 26.8 Å². The number of alkyl halides is 3. The van der Waals surface area contributed by atoms with E-state index in [0.717, 1.165) is 34.2 Å². The van der Waals surface area contributed by atoms with Crippen LogP contribution in [-0.2, 0) is 15.7 Å². The number of aliphatic hydroxyl groups is 2. The minimum atomic E-state index is -4.76. The summed E-state index contributed by atoms with van der Waals surface area (Å²) in [6, 6.07) is 4.99. The molecule has 232 valence electrons. The summed E-state index contributed by atoms with van der Waals surface area (Å²) in [4.78, 5) is 11.5. The van der Waals surface area contributed by atoms with Crippen molar-refractivity contribution in [3.05, 3.63) is 75.7 Å². The van der Waals surface area contributed by atoms with Crippen LogP contribution < -0.4 is 10.7 Å². The molecule has 6 rings (SSSR count). The number of aryl methyl sites for hydroxylation is 1. The SMILES string of the molecule is Cc1nc([C@@H]2OC3[C@H](OCC3(C)O)C([NH+]=C/C(=C\N)c3cc(F)c4scnc4c3)C2O)n(-c2cc(Cl)ccc2C(F)(F)F)n1. The van der Waals surface area contributed by atoms with Crippen LogP contribution in [0.3, 0.4) is 0 Å². The minimum absolute atomic E-state index is 0.0203. The van der Waals surface area contributed by atoms with Gasteiger partial charge in [-0.25, -0.2) is 24.0 Å². The monoisotopic (exact) mass is 653 g/mol. The third kappa shape index (κ3) is 5.37. The fraction of sp³-hybridized carbons (Fsp3) is 0.357. The number of benzene rings is 2. The van der Waals surface area contributed by atoms with Crippen molar-refractivity contribution >= 4 is 44.9 Å². The van der Waals surface area contributed by atoms with Crippen LogP contribution in [0.1, 0.15) is 35.8 Å². The second kappa shape index (κ2) is 11.2. The van der Waals surface area contributed by atoms with E-state index in [1.807, 2.05) is 0 Å². The lowest BCUT2D eigenvalue weighted by Crippen LogP contribution is -2.86. The number of nitrogens with zero attached hydrogens (tertiary/aromatic N) is 4. The van der Waals surface area contributed by atoms with Gasteiger partial charge in [-0.15, -0.1) is 11.3 Å². The average molecular weight is 654 g/mol. The predicted molar refractivity (Wildman–Crippen MR) is 153 cm³/mol. The lowest BCUT2D eigenvalue weighted by atomic mass is 9.87. The molecule has 5 N–H and O–H groups in total. The smallest absolute Gasteiger partial charge is 0.404 e. The van der Waals surface area contributed by atoms with Crippen LogP contribution in [0.25, 0.3) is 21.5 Å². The van der Waals surface area contributed by atoms with Crippen LogP contribution in [0, 0.1) is 12.7 Å². The highest BCUT2D eigenvalue weighted by Crippen LogP contribution is 2.42. The molecule has 2 fully saturated rings. The van der Waals surface area contributed by atoms with Crippen molar-refractivity contribution < 1.29 is 42.2 Å². The zero-order chi connectivity index (χ0) is 31.6. The first-order valence-corrected chi connectivity index (χ1v) is 14.6. The number of aliphatic hydroxyl groups excluding tert-OH is 1. The van der Waals surface area contributed by atoms with Crippen LogP contribution in [0.5, 0.6) is 0 Å². The predicted octanol–water partition coefficient (Wildman–Crippen LogP) is 2.47. The van der Waals surface area contributed by atoms with Crippen molar-refractivity contribution in [3.8, 4) is 5.69 Å². The summed E-state index contributed by atoms with van der Waals surface area (Å²) < 4.78 is 70.0. The van der Waals surface area contributed by atoms with E-state index in [-0.39, 0.29) is 23.3 Å². The van der Waals surface area contributed by atoms with Gasteiger partial charge < -0.3 is 25.4 Å². The Kier molecular flexibility index (Phi) is 7.75. The lowest BCUT2D eigenvalue weighted by Gasteiger charge is -2.39. The Morgan fingerprint density at radius 1 is 1.30 bits per heavy atom. The van der Waals surface area contributed by atoms with Gasteiger partial charge >= 0.3 is 6.18 Å². The molecule has 2 aliphatic rings. The average Bonchev–Trinajstić information content (AvgIpc) is 3.66. The van der Waals surface area contributed by atoms with Gasteiger partial charge in [0.2, 0.25) is 6.04 Å². The molecule has 2 aliphatic heterocycles. The fourth-order valence-corrected chi connectivity index (χ4v) is 6.39. The third-order valence-electron chi connectivity index (χ3n) is 7.62. The van der Waals surface area contributed by atoms with Crippen molar-refractivity contribution in [1.29, 1.82) is 0 Å². The first kappa shape index (κ1) is 30.6. The molecule has 0 spiro atoms. The molecule has 0 saturated carbocycles. The number of hydrogen-bond acceptors (Lipinski definition) is 9. The van der Waals surface area contributed by atoms with Crippen LogP contribution in [0.2, 0.25) is 5.02 Å². The number of hydrogen-bond donors (Lipinski definition) is 4. The summed E-state index contributed by atoms with van der Waals surface area (Å²) in [5.74, 6) is -0.534. The molecule has 0 aliphatic carbocycles. The Hall–Kier alpha value is -3.47. The molecule has 2 aromatic carbocycles. The van der Waals surface area contributed by atoms with Crippen LogP contribution in [-0.4, -0.2) is 72.7 Å². The Balaban J connectivity index is 1.41. The molecule has 4 heterocycles. The third-order valence-corrected chi connectivity index (χ3v) is 8.71. The molecular weight excluding hydrogens is 628 g/mol. The maximum Gasteiger partial charge on any atom is 0.418 e. The van der Waals surface area contributed by atoms with Gasteiger partial charge in [-0.05, 0) is 49.7 Å². The molecule has 2 aromatic heterocycles. The van der Waals surface area contributed by atoms with E-state index in [1.165, 1.54) is 37.8 Å². The largest absolute Gasteiger partial charge is 0.418 e. The first-order valence-electron chi connectivity index (χ1n) is 13.3. The number of fused-ring (bicyclic) bond motifs is 2. The summed E-state index contributed by atoms with van der Waals surface area (Å²) in [5.41, 5.74) is 5.62. The number of aromatic nitrogens is 4. The highest BCUT2D eigenvalue weighted by Gasteiger charge is 2.60. The number of allylic oxidation sites excluding steroid dienone is 1. The summed E-state index contributed by atoms with van der Waals surface area (Å²) in [7, 11) is 0. The number of thiazole rings is 1. The number of ether oxygens (including phenoxy) is 2. The fourth-order valence-electron chi connectivity index (χ4n) is 5.55. The molecule has 4 unspecified atom stereocenters. The lowest BCUT2D eigenvalue weighted by molar-refractivity contribution is -0.539. The molecule has 2 saturated heterocycles. The highest BCUT2D eigenvalue weighted by molar-refractivity contribution is 7.16. The number of halogens is 5. The van der Waals surface area contributed by atoms with Crippen LogP contribution in [0.15, 0.2) is 42.0 Å². The van der Waals surface area contributed by atoms with Gasteiger partial charge in [0.15, 0.2) is 30.4 Å². The van der Waals surface area contributed by atoms with E-state index < -0.39 is 59.3 Å². The van der Waals surface area contributed by atoms with Crippen molar-refractivity contribution in [2.24, 2.45) is 5.73 Å². The molecule has 4 aromatic rings. The minimum Gasteiger partial charge on any atom is -0.404 e. The second-order valence-corrected chi connectivity index (χ2v) is 12.1. The zero-order valence-corrected chi connectivity index (χ0v) is 24.7. The Bertz CT molecular complexity index is 1790. The first-order chi connectivity index (χ1) is 20.8. The van der Waals surface area contributed by atoms with Gasteiger partial charge in [-0.3, -0.25) is 0 Å². The van der Waals surface area contributed by atoms with E-state index >= 15 is 0 Å². The van der Waals surface area contributed by atoms with Crippen molar-refractivity contribution in [3.63, 3.8) is 0 Å². The van der Waals surface area contributed by atoms with E-state index in [1.54, 1.807) is 6.07 Å². The van der Waals surface area contributed by atoms with E-state index in [0.29, 0.717) is 21.4 Å². The van der Waals surface area contributed by atoms with Gasteiger partial charge in [0.1, 0.15) is 23.3 Å². The number of nitrogens with two attached hydrogens (primary N) is 1. The topological polar surface area (TPSA) is 143 Å².